The van der Waals surface area contributed by atoms with Crippen molar-refractivity contribution in [1.29, 1.82) is 0 Å². The van der Waals surface area contributed by atoms with Crippen LogP contribution in [0.2, 0.25) is 0 Å². The molecule has 1 fully saturated rings. The Balaban J connectivity index is 1.90. The normalized spacial score (nSPS) is 20.5. The molecule has 4 heteroatoms. The lowest BCUT2D eigenvalue weighted by molar-refractivity contribution is -0.147. The van der Waals surface area contributed by atoms with Gasteiger partial charge in [-0.15, -0.1) is 0 Å². The standard InChI is InChI=1S/C18H27NO3/c1-3-22-18(20)17(11-15-7-5-4-6-8-15)12-19-14(2)16-9-10-21-13-16/h4-8,14,16-17,19H,3,9-13H2,1-2H3. The Bertz CT molecular complexity index is 443. The van der Waals surface area contributed by atoms with Gasteiger partial charge in [-0.25, -0.2) is 0 Å². The van der Waals surface area contributed by atoms with Crippen LogP contribution in [-0.2, 0) is 20.7 Å². The van der Waals surface area contributed by atoms with Crippen molar-refractivity contribution >= 4 is 5.97 Å². The highest BCUT2D eigenvalue weighted by molar-refractivity contribution is 5.73. The van der Waals surface area contributed by atoms with Crippen LogP contribution >= 0.6 is 0 Å². The second kappa shape index (κ2) is 8.91. The fourth-order valence-electron chi connectivity index (χ4n) is 2.84. The van der Waals surface area contributed by atoms with Crippen LogP contribution in [0.15, 0.2) is 30.3 Å². The quantitative estimate of drug-likeness (QED) is 0.749. The van der Waals surface area contributed by atoms with Gasteiger partial charge >= 0.3 is 5.97 Å². The van der Waals surface area contributed by atoms with Crippen molar-refractivity contribution in [3.05, 3.63) is 35.9 Å². The van der Waals surface area contributed by atoms with Crippen molar-refractivity contribution in [1.82, 2.24) is 5.32 Å². The van der Waals surface area contributed by atoms with Gasteiger partial charge in [-0.3, -0.25) is 4.79 Å². The van der Waals surface area contributed by atoms with E-state index < -0.39 is 0 Å². The van der Waals surface area contributed by atoms with Crippen molar-refractivity contribution in [3.63, 3.8) is 0 Å². The van der Waals surface area contributed by atoms with Gasteiger partial charge in [0.05, 0.1) is 19.1 Å². The molecule has 1 N–H and O–H groups in total. The summed E-state index contributed by atoms with van der Waals surface area (Å²) in [6.07, 6.45) is 1.80. The molecule has 3 atom stereocenters. The number of carbonyl (C=O) groups excluding carboxylic acids is 1. The van der Waals surface area contributed by atoms with Crippen LogP contribution in [0.5, 0.6) is 0 Å². The summed E-state index contributed by atoms with van der Waals surface area (Å²) >= 11 is 0. The molecule has 122 valence electrons. The predicted octanol–water partition coefficient (Wildman–Crippen LogP) is 2.42. The number of hydrogen-bond donors (Lipinski definition) is 1. The smallest absolute Gasteiger partial charge is 0.310 e. The van der Waals surface area contributed by atoms with Crippen LogP contribution in [0.3, 0.4) is 0 Å². The Morgan fingerprint density at radius 3 is 2.82 bits per heavy atom. The first-order chi connectivity index (χ1) is 10.7. The molecule has 0 aliphatic carbocycles. The van der Waals surface area contributed by atoms with Gasteiger partial charge in [0, 0.05) is 19.2 Å². The van der Waals surface area contributed by atoms with Gasteiger partial charge in [0.25, 0.3) is 0 Å². The van der Waals surface area contributed by atoms with Crippen LogP contribution < -0.4 is 5.32 Å². The molecule has 1 aliphatic rings. The van der Waals surface area contributed by atoms with Crippen molar-refractivity contribution < 1.29 is 14.3 Å². The van der Waals surface area contributed by atoms with E-state index in [-0.39, 0.29) is 11.9 Å². The molecule has 4 nitrogen and oxygen atoms in total. The van der Waals surface area contributed by atoms with E-state index >= 15 is 0 Å². The first-order valence-electron chi connectivity index (χ1n) is 8.22. The number of esters is 1. The van der Waals surface area contributed by atoms with Crippen LogP contribution in [0, 0.1) is 11.8 Å². The lowest BCUT2D eigenvalue weighted by atomic mass is 9.96. The average Bonchev–Trinajstić information content (AvgIpc) is 3.06. The summed E-state index contributed by atoms with van der Waals surface area (Å²) < 4.78 is 10.7. The lowest BCUT2D eigenvalue weighted by Crippen LogP contribution is -2.40. The third-order valence-electron chi connectivity index (χ3n) is 4.30. The first kappa shape index (κ1) is 17.0. The maximum Gasteiger partial charge on any atom is 0.310 e. The number of nitrogens with one attached hydrogen (secondary N) is 1. The number of hydrogen-bond acceptors (Lipinski definition) is 4. The van der Waals surface area contributed by atoms with Gasteiger partial charge < -0.3 is 14.8 Å². The Kier molecular flexibility index (Phi) is 6.87. The minimum atomic E-state index is -0.146. The van der Waals surface area contributed by atoms with E-state index in [1.54, 1.807) is 0 Å². The molecule has 0 amide bonds. The van der Waals surface area contributed by atoms with Crippen molar-refractivity contribution in [2.75, 3.05) is 26.4 Å². The Morgan fingerprint density at radius 1 is 1.41 bits per heavy atom. The van der Waals surface area contributed by atoms with Gasteiger partial charge in [0.15, 0.2) is 0 Å². The summed E-state index contributed by atoms with van der Waals surface area (Å²) in [5, 5.41) is 3.50. The summed E-state index contributed by atoms with van der Waals surface area (Å²) in [6.45, 7) is 6.76. The van der Waals surface area contributed by atoms with E-state index in [1.807, 2.05) is 25.1 Å². The third kappa shape index (κ3) is 5.11. The van der Waals surface area contributed by atoms with E-state index in [0.29, 0.717) is 31.5 Å². The summed E-state index contributed by atoms with van der Waals surface area (Å²) in [4.78, 5) is 12.2. The van der Waals surface area contributed by atoms with Crippen LogP contribution in [0.1, 0.15) is 25.8 Å². The minimum absolute atomic E-state index is 0.117. The van der Waals surface area contributed by atoms with Crippen molar-refractivity contribution in [2.24, 2.45) is 11.8 Å². The Hall–Kier alpha value is -1.39. The largest absolute Gasteiger partial charge is 0.466 e. The van der Waals surface area contributed by atoms with E-state index in [0.717, 1.165) is 19.6 Å². The molecule has 1 aliphatic heterocycles. The molecule has 0 spiro atoms. The van der Waals surface area contributed by atoms with E-state index in [1.165, 1.54) is 5.56 Å². The molecule has 2 rings (SSSR count). The monoisotopic (exact) mass is 305 g/mol. The van der Waals surface area contributed by atoms with Crippen molar-refractivity contribution in [3.8, 4) is 0 Å². The highest BCUT2D eigenvalue weighted by Gasteiger charge is 2.25. The van der Waals surface area contributed by atoms with E-state index in [2.05, 4.69) is 24.4 Å². The number of carbonyl (C=O) groups is 1. The predicted molar refractivity (Wildman–Crippen MR) is 86.7 cm³/mol. The van der Waals surface area contributed by atoms with E-state index in [4.69, 9.17) is 9.47 Å². The molecule has 1 heterocycles. The minimum Gasteiger partial charge on any atom is -0.466 e. The average molecular weight is 305 g/mol. The molecule has 0 saturated carbocycles. The van der Waals surface area contributed by atoms with Gasteiger partial charge in [-0.05, 0) is 38.2 Å². The first-order valence-corrected chi connectivity index (χ1v) is 8.22. The summed E-state index contributed by atoms with van der Waals surface area (Å²) in [6, 6.07) is 10.5. The molecule has 1 aromatic rings. The zero-order valence-electron chi connectivity index (χ0n) is 13.6. The molecular weight excluding hydrogens is 278 g/mol. The fraction of sp³-hybridized carbons (Fsp3) is 0.611. The van der Waals surface area contributed by atoms with E-state index in [9.17, 15) is 4.79 Å². The Labute approximate surface area is 133 Å². The van der Waals surface area contributed by atoms with Gasteiger partial charge in [-0.2, -0.15) is 0 Å². The SMILES string of the molecule is CCOC(=O)C(CNC(C)C1CCOC1)Cc1ccccc1. The molecular formula is C18H27NO3. The molecule has 0 radical (unpaired) electrons. The number of benzene rings is 1. The summed E-state index contributed by atoms with van der Waals surface area (Å²) in [5.41, 5.74) is 1.17. The molecule has 0 aromatic heterocycles. The highest BCUT2D eigenvalue weighted by atomic mass is 16.5. The topological polar surface area (TPSA) is 47.6 Å². The maximum atomic E-state index is 12.2. The zero-order chi connectivity index (χ0) is 15.8. The highest BCUT2D eigenvalue weighted by Crippen LogP contribution is 2.17. The molecule has 1 aromatic carbocycles. The number of ether oxygens (including phenoxy) is 2. The van der Waals surface area contributed by atoms with Gasteiger partial charge in [0.2, 0.25) is 0 Å². The maximum absolute atomic E-state index is 12.2. The van der Waals surface area contributed by atoms with Crippen LogP contribution in [0.25, 0.3) is 0 Å². The molecule has 1 saturated heterocycles. The molecule has 22 heavy (non-hydrogen) atoms. The van der Waals surface area contributed by atoms with Gasteiger partial charge in [0.1, 0.15) is 0 Å². The number of rotatable bonds is 8. The van der Waals surface area contributed by atoms with Gasteiger partial charge in [-0.1, -0.05) is 30.3 Å². The van der Waals surface area contributed by atoms with Crippen molar-refractivity contribution in [2.45, 2.75) is 32.7 Å². The Morgan fingerprint density at radius 2 is 2.18 bits per heavy atom. The second-order valence-corrected chi connectivity index (χ2v) is 5.96. The van der Waals surface area contributed by atoms with Crippen LogP contribution in [0.4, 0.5) is 0 Å². The zero-order valence-corrected chi connectivity index (χ0v) is 13.6. The second-order valence-electron chi connectivity index (χ2n) is 5.96. The molecule has 3 unspecified atom stereocenters. The molecule has 0 bridgehead atoms. The van der Waals surface area contributed by atoms with Crippen LogP contribution in [-0.4, -0.2) is 38.4 Å². The lowest BCUT2D eigenvalue weighted by Gasteiger charge is -2.23. The third-order valence-corrected chi connectivity index (χ3v) is 4.30. The summed E-state index contributed by atoms with van der Waals surface area (Å²) in [5.74, 6) is 0.278. The fourth-order valence-corrected chi connectivity index (χ4v) is 2.84. The summed E-state index contributed by atoms with van der Waals surface area (Å²) in [7, 11) is 0.